The zero-order valence-electron chi connectivity index (χ0n) is 12.0. The van der Waals surface area contributed by atoms with E-state index < -0.39 is 11.7 Å². The molecule has 0 saturated heterocycles. The van der Waals surface area contributed by atoms with Crippen molar-refractivity contribution in [2.45, 2.75) is 25.9 Å². The van der Waals surface area contributed by atoms with E-state index in [1.165, 1.54) is 11.6 Å². The molecule has 1 amide bonds. The Balaban J connectivity index is 2.07. The maximum Gasteiger partial charge on any atom is 0.248 e. The maximum absolute atomic E-state index is 13.9. The van der Waals surface area contributed by atoms with E-state index >= 15 is 0 Å². The van der Waals surface area contributed by atoms with Crippen molar-refractivity contribution in [3.05, 3.63) is 71.0 Å². The summed E-state index contributed by atoms with van der Waals surface area (Å²) < 4.78 is 13.9. The zero-order valence-corrected chi connectivity index (χ0v) is 12.0. The minimum absolute atomic E-state index is 0.168. The van der Waals surface area contributed by atoms with Crippen molar-refractivity contribution in [2.24, 2.45) is 5.73 Å². The SMILES string of the molecule is CCC(NCc1ccc(C(N)=O)cc1F)c1ccccc1. The normalized spacial score (nSPS) is 12.1. The van der Waals surface area contributed by atoms with Crippen molar-refractivity contribution in [1.82, 2.24) is 5.32 Å². The standard InChI is InChI=1S/C17H19FN2O/c1-2-16(12-6-4-3-5-7-12)20-11-14-9-8-13(17(19)21)10-15(14)18/h3-10,16,20H,2,11H2,1H3,(H2,19,21). The Kier molecular flexibility index (Phi) is 5.06. The molecule has 4 heteroatoms. The van der Waals surface area contributed by atoms with Gasteiger partial charge < -0.3 is 11.1 Å². The van der Waals surface area contributed by atoms with Gasteiger partial charge in [-0.25, -0.2) is 4.39 Å². The predicted octanol–water partition coefficient (Wildman–Crippen LogP) is 3.17. The first-order valence-corrected chi connectivity index (χ1v) is 6.98. The minimum atomic E-state index is -0.621. The molecule has 0 aromatic heterocycles. The number of rotatable bonds is 6. The fourth-order valence-corrected chi connectivity index (χ4v) is 2.26. The highest BCUT2D eigenvalue weighted by Crippen LogP contribution is 2.18. The fraction of sp³-hybridized carbons (Fsp3) is 0.235. The number of hydrogen-bond acceptors (Lipinski definition) is 2. The summed E-state index contributed by atoms with van der Waals surface area (Å²) in [6.45, 7) is 2.48. The third-order valence-electron chi connectivity index (χ3n) is 3.49. The number of carbonyl (C=O) groups is 1. The summed E-state index contributed by atoms with van der Waals surface area (Å²) in [4.78, 5) is 11.0. The lowest BCUT2D eigenvalue weighted by molar-refractivity contribution is 0.1000. The number of primary amides is 1. The predicted molar refractivity (Wildman–Crippen MR) is 81.2 cm³/mol. The van der Waals surface area contributed by atoms with Crippen molar-refractivity contribution < 1.29 is 9.18 Å². The van der Waals surface area contributed by atoms with Gasteiger partial charge in [-0.15, -0.1) is 0 Å². The quantitative estimate of drug-likeness (QED) is 0.857. The second-order valence-corrected chi connectivity index (χ2v) is 4.92. The molecule has 3 N–H and O–H groups in total. The molecule has 0 spiro atoms. The van der Waals surface area contributed by atoms with Crippen molar-refractivity contribution >= 4 is 5.91 Å². The summed E-state index contributed by atoms with van der Waals surface area (Å²) in [6, 6.07) is 14.5. The van der Waals surface area contributed by atoms with Crippen LogP contribution in [-0.2, 0) is 6.54 Å². The number of amides is 1. The Morgan fingerprint density at radius 3 is 2.52 bits per heavy atom. The molecule has 0 aliphatic heterocycles. The van der Waals surface area contributed by atoms with E-state index in [1.54, 1.807) is 12.1 Å². The van der Waals surface area contributed by atoms with Crippen LogP contribution in [0.3, 0.4) is 0 Å². The van der Waals surface area contributed by atoms with Crippen LogP contribution in [0, 0.1) is 5.82 Å². The van der Waals surface area contributed by atoms with Gasteiger partial charge in [0.15, 0.2) is 0 Å². The Labute approximate surface area is 124 Å². The molecule has 0 radical (unpaired) electrons. The molecule has 0 aliphatic rings. The molecule has 0 heterocycles. The molecule has 3 nitrogen and oxygen atoms in total. The van der Waals surface area contributed by atoms with Gasteiger partial charge in [0.1, 0.15) is 5.82 Å². The molecule has 0 saturated carbocycles. The van der Waals surface area contributed by atoms with Gasteiger partial charge in [0, 0.05) is 23.7 Å². The van der Waals surface area contributed by atoms with Crippen molar-refractivity contribution in [3.63, 3.8) is 0 Å². The Morgan fingerprint density at radius 1 is 1.24 bits per heavy atom. The van der Waals surface area contributed by atoms with Crippen molar-refractivity contribution in [1.29, 1.82) is 0 Å². The average Bonchev–Trinajstić information content (AvgIpc) is 2.50. The molecule has 0 aliphatic carbocycles. The Morgan fingerprint density at radius 2 is 1.95 bits per heavy atom. The van der Waals surface area contributed by atoms with Gasteiger partial charge >= 0.3 is 0 Å². The average molecular weight is 286 g/mol. The smallest absolute Gasteiger partial charge is 0.248 e. The summed E-state index contributed by atoms with van der Waals surface area (Å²) in [6.07, 6.45) is 0.908. The van der Waals surface area contributed by atoms with Gasteiger partial charge in [-0.05, 0) is 24.1 Å². The van der Waals surface area contributed by atoms with Gasteiger partial charge in [-0.2, -0.15) is 0 Å². The number of benzene rings is 2. The number of carbonyl (C=O) groups excluding carboxylic acids is 1. The van der Waals surface area contributed by atoms with E-state index in [9.17, 15) is 9.18 Å². The highest BCUT2D eigenvalue weighted by molar-refractivity contribution is 5.92. The van der Waals surface area contributed by atoms with Crippen molar-refractivity contribution in [2.75, 3.05) is 0 Å². The van der Waals surface area contributed by atoms with Crippen LogP contribution < -0.4 is 11.1 Å². The van der Waals surface area contributed by atoms with Crippen LogP contribution in [0.15, 0.2) is 48.5 Å². The number of nitrogens with one attached hydrogen (secondary N) is 1. The molecule has 2 aromatic carbocycles. The summed E-state index contributed by atoms with van der Waals surface area (Å²) in [5, 5.41) is 3.34. The van der Waals surface area contributed by atoms with Gasteiger partial charge in [0.25, 0.3) is 0 Å². The lowest BCUT2D eigenvalue weighted by Gasteiger charge is -2.17. The maximum atomic E-state index is 13.9. The van der Waals surface area contributed by atoms with Gasteiger partial charge in [-0.1, -0.05) is 43.3 Å². The Bertz CT molecular complexity index is 613. The van der Waals surface area contributed by atoms with Crippen LogP contribution in [0.2, 0.25) is 0 Å². The van der Waals surface area contributed by atoms with E-state index in [4.69, 9.17) is 5.73 Å². The van der Waals surface area contributed by atoms with Crippen LogP contribution in [0.1, 0.15) is 40.9 Å². The third kappa shape index (κ3) is 3.89. The van der Waals surface area contributed by atoms with E-state index in [1.807, 2.05) is 30.3 Å². The summed E-state index contributed by atoms with van der Waals surface area (Å²) >= 11 is 0. The zero-order chi connectivity index (χ0) is 15.2. The van der Waals surface area contributed by atoms with E-state index in [0.717, 1.165) is 6.42 Å². The van der Waals surface area contributed by atoms with Crippen LogP contribution in [-0.4, -0.2) is 5.91 Å². The molecule has 21 heavy (non-hydrogen) atoms. The monoisotopic (exact) mass is 286 g/mol. The van der Waals surface area contributed by atoms with Gasteiger partial charge in [0.05, 0.1) is 0 Å². The van der Waals surface area contributed by atoms with Gasteiger partial charge in [-0.3, -0.25) is 4.79 Å². The van der Waals surface area contributed by atoms with Gasteiger partial charge in [0.2, 0.25) is 5.91 Å². The Hall–Kier alpha value is -2.20. The highest BCUT2D eigenvalue weighted by atomic mass is 19.1. The van der Waals surface area contributed by atoms with E-state index in [-0.39, 0.29) is 11.6 Å². The van der Waals surface area contributed by atoms with Crippen LogP contribution in [0.4, 0.5) is 4.39 Å². The molecule has 110 valence electrons. The molecule has 2 rings (SSSR count). The minimum Gasteiger partial charge on any atom is -0.366 e. The molecule has 1 atom stereocenters. The molecular formula is C17H19FN2O. The second kappa shape index (κ2) is 6.99. The lowest BCUT2D eigenvalue weighted by Crippen LogP contribution is -2.21. The molecule has 2 aromatic rings. The summed E-state index contributed by atoms with van der Waals surface area (Å²) in [7, 11) is 0. The largest absolute Gasteiger partial charge is 0.366 e. The molecule has 1 unspecified atom stereocenters. The summed E-state index contributed by atoms with van der Waals surface area (Å²) in [5.41, 5.74) is 7.02. The van der Waals surface area contributed by atoms with Crippen LogP contribution in [0.25, 0.3) is 0 Å². The number of nitrogens with two attached hydrogens (primary N) is 1. The van der Waals surface area contributed by atoms with Crippen LogP contribution >= 0.6 is 0 Å². The topological polar surface area (TPSA) is 55.1 Å². The first-order chi connectivity index (χ1) is 10.1. The first kappa shape index (κ1) is 15.2. The van der Waals surface area contributed by atoms with E-state index in [2.05, 4.69) is 12.2 Å². The highest BCUT2D eigenvalue weighted by Gasteiger charge is 2.11. The number of halogens is 1. The van der Waals surface area contributed by atoms with Crippen LogP contribution in [0.5, 0.6) is 0 Å². The molecular weight excluding hydrogens is 267 g/mol. The number of hydrogen-bond donors (Lipinski definition) is 2. The lowest BCUT2D eigenvalue weighted by atomic mass is 10.0. The fourth-order valence-electron chi connectivity index (χ4n) is 2.26. The first-order valence-electron chi connectivity index (χ1n) is 6.98. The van der Waals surface area contributed by atoms with E-state index in [0.29, 0.717) is 12.1 Å². The molecule has 0 fully saturated rings. The summed E-state index contributed by atoms with van der Waals surface area (Å²) in [5.74, 6) is -1.04. The van der Waals surface area contributed by atoms with Crippen molar-refractivity contribution in [3.8, 4) is 0 Å². The molecule has 0 bridgehead atoms. The third-order valence-corrected chi connectivity index (χ3v) is 3.49. The second-order valence-electron chi connectivity index (χ2n) is 4.92.